The van der Waals surface area contributed by atoms with Crippen molar-refractivity contribution in [1.29, 1.82) is 0 Å². The number of tetrazole rings is 1. The van der Waals surface area contributed by atoms with Crippen molar-refractivity contribution in [2.75, 3.05) is 14.2 Å². The second-order valence-electron chi connectivity index (χ2n) is 6.50. The Balaban J connectivity index is 2.02. The van der Waals surface area contributed by atoms with Gasteiger partial charge in [-0.15, -0.1) is 5.10 Å². The third kappa shape index (κ3) is 3.42. The van der Waals surface area contributed by atoms with Gasteiger partial charge in [0.25, 0.3) is 0 Å². The fourth-order valence-corrected chi connectivity index (χ4v) is 3.31. The number of nitrogens with one attached hydrogen (secondary N) is 1. The average molecular weight is 345 g/mol. The molecule has 1 aromatic carbocycles. The van der Waals surface area contributed by atoms with E-state index in [-0.39, 0.29) is 0 Å². The van der Waals surface area contributed by atoms with Gasteiger partial charge in [0.2, 0.25) is 0 Å². The van der Waals surface area contributed by atoms with Gasteiger partial charge in [-0.05, 0) is 54.2 Å². The van der Waals surface area contributed by atoms with Crippen LogP contribution in [0.1, 0.15) is 38.4 Å². The minimum atomic E-state index is -0.647. The van der Waals surface area contributed by atoms with Crippen LogP contribution in [0.2, 0.25) is 0 Å². The number of rotatable bonds is 4. The number of ether oxygens (including phenoxy) is 2. The van der Waals surface area contributed by atoms with Crippen LogP contribution < -0.4 is 10.1 Å². The molecule has 1 N–H and O–H groups in total. The van der Waals surface area contributed by atoms with E-state index in [0.29, 0.717) is 17.5 Å². The number of alkyl carbamates (subject to hydrolysis) is 1. The molecule has 0 saturated heterocycles. The third-order valence-corrected chi connectivity index (χ3v) is 4.85. The summed E-state index contributed by atoms with van der Waals surface area (Å²) in [6.45, 7) is 2.22. The van der Waals surface area contributed by atoms with E-state index < -0.39 is 11.6 Å². The van der Waals surface area contributed by atoms with Gasteiger partial charge in [0.05, 0.1) is 19.9 Å². The van der Waals surface area contributed by atoms with Crippen LogP contribution in [0.3, 0.4) is 0 Å². The Labute approximate surface area is 146 Å². The van der Waals surface area contributed by atoms with Crippen molar-refractivity contribution < 1.29 is 14.3 Å². The van der Waals surface area contributed by atoms with Gasteiger partial charge in [-0.1, -0.05) is 13.0 Å². The Kier molecular flexibility index (Phi) is 4.87. The van der Waals surface area contributed by atoms with Crippen LogP contribution in [0.5, 0.6) is 5.75 Å². The van der Waals surface area contributed by atoms with E-state index in [1.807, 2.05) is 24.3 Å². The Morgan fingerprint density at radius 3 is 2.76 bits per heavy atom. The molecule has 0 radical (unpaired) electrons. The summed E-state index contributed by atoms with van der Waals surface area (Å²) in [5.74, 6) is 1.93. The van der Waals surface area contributed by atoms with E-state index in [1.54, 1.807) is 11.8 Å². The van der Waals surface area contributed by atoms with Crippen molar-refractivity contribution in [2.45, 2.75) is 38.1 Å². The zero-order valence-electron chi connectivity index (χ0n) is 14.7. The predicted molar refractivity (Wildman–Crippen MR) is 90.6 cm³/mol. The normalized spacial score (nSPS) is 23.1. The molecule has 0 aliphatic heterocycles. The molecule has 3 rings (SSSR count). The highest BCUT2D eigenvalue weighted by atomic mass is 16.5. The quantitative estimate of drug-likeness (QED) is 0.915. The molecule has 0 atom stereocenters. The van der Waals surface area contributed by atoms with E-state index in [9.17, 15) is 4.79 Å². The maximum Gasteiger partial charge on any atom is 0.407 e. The summed E-state index contributed by atoms with van der Waals surface area (Å²) in [7, 11) is 2.97. The molecule has 1 aliphatic carbocycles. The minimum absolute atomic E-state index is 0.477. The first kappa shape index (κ1) is 17.2. The monoisotopic (exact) mass is 345 g/mol. The fraction of sp³-hybridized carbons (Fsp3) is 0.529. The topological polar surface area (TPSA) is 91.2 Å². The van der Waals surface area contributed by atoms with Crippen molar-refractivity contribution in [3.63, 3.8) is 0 Å². The second-order valence-corrected chi connectivity index (χ2v) is 6.50. The van der Waals surface area contributed by atoms with E-state index in [4.69, 9.17) is 9.47 Å². The lowest BCUT2D eigenvalue weighted by molar-refractivity contribution is 0.130. The number of amides is 1. The average Bonchev–Trinajstić information content (AvgIpc) is 3.14. The summed E-state index contributed by atoms with van der Waals surface area (Å²) in [4.78, 5) is 12.0. The zero-order valence-corrected chi connectivity index (χ0v) is 14.7. The Bertz CT molecular complexity index is 737. The van der Waals surface area contributed by atoms with E-state index in [2.05, 4.69) is 27.8 Å². The molecular weight excluding hydrogens is 322 g/mol. The number of hydrogen-bond acceptors (Lipinski definition) is 6. The molecule has 1 aromatic heterocycles. The van der Waals surface area contributed by atoms with Crippen LogP contribution in [0.4, 0.5) is 4.79 Å². The second kappa shape index (κ2) is 7.08. The number of aromatic nitrogens is 4. The fourth-order valence-electron chi connectivity index (χ4n) is 3.31. The minimum Gasteiger partial charge on any atom is -0.497 e. The molecule has 1 aliphatic rings. The van der Waals surface area contributed by atoms with Gasteiger partial charge in [0.1, 0.15) is 11.3 Å². The van der Waals surface area contributed by atoms with Crippen LogP contribution in [-0.4, -0.2) is 40.5 Å². The molecule has 1 heterocycles. The Hall–Kier alpha value is -2.64. The molecule has 8 nitrogen and oxygen atoms in total. The summed E-state index contributed by atoms with van der Waals surface area (Å²) < 4.78 is 11.8. The number of methoxy groups -OCH3 is 2. The van der Waals surface area contributed by atoms with Gasteiger partial charge in [-0.3, -0.25) is 0 Å². The highest BCUT2D eigenvalue weighted by Gasteiger charge is 2.42. The lowest BCUT2D eigenvalue weighted by Gasteiger charge is -2.38. The van der Waals surface area contributed by atoms with Gasteiger partial charge < -0.3 is 14.8 Å². The molecule has 0 unspecified atom stereocenters. The standard InChI is InChI=1S/C17H23N5O3/c1-12-7-9-17(10-8-12,18-16(23)25-3)15-19-20-21-22(15)13-5-4-6-14(11-13)24-2/h4-6,11-12H,7-10H2,1-3H3,(H,18,23). The summed E-state index contributed by atoms with van der Waals surface area (Å²) in [5, 5.41) is 15.2. The van der Waals surface area contributed by atoms with E-state index in [0.717, 1.165) is 31.4 Å². The highest BCUT2D eigenvalue weighted by molar-refractivity contribution is 5.68. The molecule has 25 heavy (non-hydrogen) atoms. The molecule has 134 valence electrons. The van der Waals surface area contributed by atoms with Crippen LogP contribution in [0, 0.1) is 5.92 Å². The van der Waals surface area contributed by atoms with Crippen LogP contribution in [-0.2, 0) is 10.3 Å². The number of carbonyl (C=O) groups is 1. The zero-order chi connectivity index (χ0) is 17.9. The number of benzene rings is 1. The smallest absolute Gasteiger partial charge is 0.407 e. The highest BCUT2D eigenvalue weighted by Crippen LogP contribution is 2.39. The van der Waals surface area contributed by atoms with Gasteiger partial charge >= 0.3 is 6.09 Å². The first-order valence-electron chi connectivity index (χ1n) is 8.37. The lowest BCUT2D eigenvalue weighted by atomic mass is 9.76. The van der Waals surface area contributed by atoms with Gasteiger partial charge in [-0.25, -0.2) is 4.79 Å². The first-order chi connectivity index (χ1) is 12.1. The third-order valence-electron chi connectivity index (χ3n) is 4.85. The maximum absolute atomic E-state index is 12.0. The molecule has 8 heteroatoms. The lowest BCUT2D eigenvalue weighted by Crippen LogP contribution is -2.49. The largest absolute Gasteiger partial charge is 0.497 e. The Morgan fingerprint density at radius 2 is 2.08 bits per heavy atom. The van der Waals surface area contributed by atoms with Gasteiger partial charge in [-0.2, -0.15) is 4.68 Å². The molecule has 2 aromatic rings. The summed E-state index contributed by atoms with van der Waals surface area (Å²) in [6, 6.07) is 7.50. The molecule has 1 saturated carbocycles. The van der Waals surface area contributed by atoms with Crippen molar-refractivity contribution in [1.82, 2.24) is 25.5 Å². The summed E-state index contributed by atoms with van der Waals surface area (Å²) in [6.07, 6.45) is 3.00. The van der Waals surface area contributed by atoms with Crippen LogP contribution >= 0.6 is 0 Å². The molecule has 1 amide bonds. The van der Waals surface area contributed by atoms with Crippen molar-refractivity contribution in [3.8, 4) is 11.4 Å². The number of carbonyl (C=O) groups excluding carboxylic acids is 1. The van der Waals surface area contributed by atoms with Gasteiger partial charge in [0, 0.05) is 6.07 Å². The SMILES string of the molecule is COC(=O)NC1(c2nnnn2-c2cccc(OC)c2)CCC(C)CC1. The van der Waals surface area contributed by atoms with Crippen LogP contribution in [0.15, 0.2) is 24.3 Å². The van der Waals surface area contributed by atoms with Crippen molar-refractivity contribution in [3.05, 3.63) is 30.1 Å². The summed E-state index contributed by atoms with van der Waals surface area (Å²) >= 11 is 0. The van der Waals surface area contributed by atoms with E-state index >= 15 is 0 Å². The molecular formula is C17H23N5O3. The number of nitrogens with zero attached hydrogens (tertiary/aromatic N) is 4. The molecule has 1 fully saturated rings. The van der Waals surface area contributed by atoms with Crippen molar-refractivity contribution >= 4 is 6.09 Å². The first-order valence-corrected chi connectivity index (χ1v) is 8.37. The number of hydrogen-bond donors (Lipinski definition) is 1. The Morgan fingerprint density at radius 1 is 1.32 bits per heavy atom. The predicted octanol–water partition coefficient (Wildman–Crippen LogP) is 2.43. The maximum atomic E-state index is 12.0. The summed E-state index contributed by atoms with van der Waals surface area (Å²) in [5.41, 5.74) is 0.135. The molecule has 0 spiro atoms. The van der Waals surface area contributed by atoms with Gasteiger partial charge in [0.15, 0.2) is 5.82 Å². The molecule has 0 bridgehead atoms. The van der Waals surface area contributed by atoms with Crippen LogP contribution in [0.25, 0.3) is 5.69 Å². The van der Waals surface area contributed by atoms with E-state index in [1.165, 1.54) is 7.11 Å². The van der Waals surface area contributed by atoms with Crippen molar-refractivity contribution in [2.24, 2.45) is 5.92 Å².